The predicted molar refractivity (Wildman–Crippen MR) is 73.1 cm³/mol. The first kappa shape index (κ1) is 13.1. The molecule has 3 unspecified atom stereocenters. The second kappa shape index (κ2) is 5.14. The number of benzene rings is 1. The summed E-state index contributed by atoms with van der Waals surface area (Å²) in [6, 6.07) is 5.07. The molecule has 98 valence electrons. The maximum absolute atomic E-state index is 11.0. The highest BCUT2D eigenvalue weighted by molar-refractivity contribution is 6.30. The van der Waals surface area contributed by atoms with E-state index in [9.17, 15) is 10.1 Å². The Balaban J connectivity index is 2.21. The molecule has 0 spiro atoms. The Bertz CT molecular complexity index is 464. The Morgan fingerprint density at radius 3 is 2.67 bits per heavy atom. The molecule has 2 rings (SSSR count). The van der Waals surface area contributed by atoms with E-state index in [1.165, 1.54) is 12.5 Å². The molecule has 1 saturated carbocycles. The zero-order valence-electron chi connectivity index (χ0n) is 10.5. The van der Waals surface area contributed by atoms with E-state index in [0.29, 0.717) is 28.6 Å². The average molecular weight is 269 g/mol. The number of halogens is 1. The van der Waals surface area contributed by atoms with Gasteiger partial charge in [-0.3, -0.25) is 10.1 Å². The van der Waals surface area contributed by atoms with Gasteiger partial charge in [-0.2, -0.15) is 0 Å². The first-order valence-electron chi connectivity index (χ1n) is 6.19. The van der Waals surface area contributed by atoms with Crippen LogP contribution in [-0.4, -0.2) is 11.0 Å². The van der Waals surface area contributed by atoms with E-state index in [0.717, 1.165) is 6.42 Å². The van der Waals surface area contributed by atoms with Gasteiger partial charge in [-0.05, 0) is 36.8 Å². The van der Waals surface area contributed by atoms with Gasteiger partial charge >= 0.3 is 0 Å². The van der Waals surface area contributed by atoms with Crippen LogP contribution in [0, 0.1) is 22.0 Å². The van der Waals surface area contributed by atoms with E-state index in [1.54, 1.807) is 12.1 Å². The van der Waals surface area contributed by atoms with Crippen LogP contribution >= 0.6 is 11.6 Å². The lowest BCUT2D eigenvalue weighted by molar-refractivity contribution is -0.384. The van der Waals surface area contributed by atoms with E-state index in [2.05, 4.69) is 19.2 Å². The minimum Gasteiger partial charge on any atom is -0.376 e. The first-order chi connectivity index (χ1) is 8.49. The van der Waals surface area contributed by atoms with E-state index < -0.39 is 4.92 Å². The summed E-state index contributed by atoms with van der Waals surface area (Å²) in [7, 11) is 0. The summed E-state index contributed by atoms with van der Waals surface area (Å²) in [5.41, 5.74) is 0.615. The lowest BCUT2D eigenvalue weighted by atomic mass is 9.97. The molecule has 0 radical (unpaired) electrons. The summed E-state index contributed by atoms with van der Waals surface area (Å²) in [5, 5.41) is 14.7. The van der Waals surface area contributed by atoms with Gasteiger partial charge in [-0.25, -0.2) is 0 Å². The quantitative estimate of drug-likeness (QED) is 0.663. The van der Waals surface area contributed by atoms with Crippen LogP contribution < -0.4 is 5.32 Å². The van der Waals surface area contributed by atoms with Gasteiger partial charge in [0.1, 0.15) is 5.69 Å². The largest absolute Gasteiger partial charge is 0.376 e. The van der Waals surface area contributed by atoms with Gasteiger partial charge in [-0.1, -0.05) is 25.4 Å². The van der Waals surface area contributed by atoms with E-state index in [1.807, 2.05) is 0 Å². The Hall–Kier alpha value is -1.29. The summed E-state index contributed by atoms with van der Waals surface area (Å²) in [6.45, 7) is 4.42. The number of nitrogens with one attached hydrogen (secondary N) is 1. The number of rotatable bonds is 3. The standard InChI is InChI=1S/C13H17ClN2O2/c1-8-3-5-11(9(8)2)15-12-6-4-10(14)7-13(12)16(17)18/h4,6-9,11,15H,3,5H2,1-2H3. The highest BCUT2D eigenvalue weighted by atomic mass is 35.5. The zero-order valence-corrected chi connectivity index (χ0v) is 11.3. The topological polar surface area (TPSA) is 55.2 Å². The van der Waals surface area contributed by atoms with Crippen LogP contribution in [0.1, 0.15) is 26.7 Å². The second-order valence-electron chi connectivity index (χ2n) is 5.08. The van der Waals surface area contributed by atoms with Gasteiger partial charge in [0, 0.05) is 17.1 Å². The van der Waals surface area contributed by atoms with Crippen LogP contribution in [0.5, 0.6) is 0 Å². The lowest BCUT2D eigenvalue weighted by Crippen LogP contribution is -2.24. The summed E-state index contributed by atoms with van der Waals surface area (Å²) < 4.78 is 0. The molecule has 3 atom stereocenters. The molecule has 0 heterocycles. The molecule has 4 nitrogen and oxygen atoms in total. The molecular weight excluding hydrogens is 252 g/mol. The zero-order chi connectivity index (χ0) is 13.3. The summed E-state index contributed by atoms with van der Waals surface area (Å²) in [5.74, 6) is 1.19. The van der Waals surface area contributed by atoms with Crippen LogP contribution in [0.3, 0.4) is 0 Å². The van der Waals surface area contributed by atoms with Gasteiger partial charge in [-0.15, -0.1) is 0 Å². The van der Waals surface area contributed by atoms with Crippen molar-refractivity contribution in [3.05, 3.63) is 33.3 Å². The van der Waals surface area contributed by atoms with Crippen molar-refractivity contribution in [3.8, 4) is 0 Å². The minimum atomic E-state index is -0.392. The molecule has 1 aromatic rings. The Labute approximate surface area is 111 Å². The average Bonchev–Trinajstić information content (AvgIpc) is 2.63. The third-order valence-electron chi connectivity index (χ3n) is 3.96. The van der Waals surface area contributed by atoms with Crippen LogP contribution in [-0.2, 0) is 0 Å². The minimum absolute atomic E-state index is 0.0502. The SMILES string of the molecule is CC1CCC(Nc2ccc(Cl)cc2[N+](=O)[O-])C1C. The van der Waals surface area contributed by atoms with Crippen molar-refractivity contribution in [1.29, 1.82) is 0 Å². The van der Waals surface area contributed by atoms with Crippen molar-refractivity contribution >= 4 is 23.0 Å². The van der Waals surface area contributed by atoms with Gasteiger partial charge < -0.3 is 5.32 Å². The molecule has 0 amide bonds. The number of nitro benzene ring substituents is 1. The van der Waals surface area contributed by atoms with Crippen molar-refractivity contribution in [2.24, 2.45) is 11.8 Å². The summed E-state index contributed by atoms with van der Waals surface area (Å²) >= 11 is 5.80. The number of nitrogens with zero attached hydrogens (tertiary/aromatic N) is 1. The predicted octanol–water partition coefficient (Wildman–Crippen LogP) is 4.09. The molecular formula is C13H17ClN2O2. The monoisotopic (exact) mass is 268 g/mol. The van der Waals surface area contributed by atoms with Crippen molar-refractivity contribution in [2.75, 3.05) is 5.32 Å². The molecule has 0 bridgehead atoms. The maximum Gasteiger partial charge on any atom is 0.293 e. The fourth-order valence-electron chi connectivity index (χ4n) is 2.55. The van der Waals surface area contributed by atoms with Gasteiger partial charge in [0.05, 0.1) is 4.92 Å². The van der Waals surface area contributed by atoms with Gasteiger partial charge in [0.15, 0.2) is 0 Å². The molecule has 1 fully saturated rings. The van der Waals surface area contributed by atoms with E-state index >= 15 is 0 Å². The third kappa shape index (κ3) is 2.58. The molecule has 1 aliphatic rings. The number of hydrogen-bond donors (Lipinski definition) is 1. The second-order valence-corrected chi connectivity index (χ2v) is 5.52. The number of hydrogen-bond acceptors (Lipinski definition) is 3. The van der Waals surface area contributed by atoms with Crippen molar-refractivity contribution in [1.82, 2.24) is 0 Å². The van der Waals surface area contributed by atoms with Crippen LogP contribution in [0.2, 0.25) is 5.02 Å². The lowest BCUT2D eigenvalue weighted by Gasteiger charge is -2.20. The van der Waals surface area contributed by atoms with E-state index in [4.69, 9.17) is 11.6 Å². The van der Waals surface area contributed by atoms with E-state index in [-0.39, 0.29) is 5.69 Å². The molecule has 5 heteroatoms. The highest BCUT2D eigenvalue weighted by Crippen LogP contribution is 2.36. The molecule has 0 aromatic heterocycles. The smallest absolute Gasteiger partial charge is 0.293 e. The Morgan fingerprint density at radius 1 is 1.39 bits per heavy atom. The normalized spacial score (nSPS) is 27.2. The summed E-state index contributed by atoms with van der Waals surface area (Å²) in [6.07, 6.45) is 2.22. The fraction of sp³-hybridized carbons (Fsp3) is 0.538. The van der Waals surface area contributed by atoms with Gasteiger partial charge in [0.2, 0.25) is 0 Å². The summed E-state index contributed by atoms with van der Waals surface area (Å²) in [4.78, 5) is 10.6. The van der Waals surface area contributed by atoms with Crippen molar-refractivity contribution in [3.63, 3.8) is 0 Å². The Morgan fingerprint density at radius 2 is 2.11 bits per heavy atom. The van der Waals surface area contributed by atoms with Crippen molar-refractivity contribution < 1.29 is 4.92 Å². The van der Waals surface area contributed by atoms with Crippen LogP contribution in [0.25, 0.3) is 0 Å². The Kier molecular flexibility index (Phi) is 3.76. The highest BCUT2D eigenvalue weighted by Gasteiger charge is 2.30. The molecule has 1 aromatic carbocycles. The number of nitro groups is 1. The molecule has 1 aliphatic carbocycles. The molecule has 1 N–H and O–H groups in total. The molecule has 0 saturated heterocycles. The van der Waals surface area contributed by atoms with Gasteiger partial charge in [0.25, 0.3) is 5.69 Å². The third-order valence-corrected chi connectivity index (χ3v) is 4.20. The van der Waals surface area contributed by atoms with Crippen LogP contribution in [0.4, 0.5) is 11.4 Å². The number of anilines is 1. The molecule has 18 heavy (non-hydrogen) atoms. The molecule has 0 aliphatic heterocycles. The van der Waals surface area contributed by atoms with Crippen LogP contribution in [0.15, 0.2) is 18.2 Å². The maximum atomic E-state index is 11.0. The fourth-order valence-corrected chi connectivity index (χ4v) is 2.71. The first-order valence-corrected chi connectivity index (χ1v) is 6.57. The van der Waals surface area contributed by atoms with Crippen molar-refractivity contribution in [2.45, 2.75) is 32.7 Å².